The maximum absolute atomic E-state index is 6.39. The molecule has 0 spiro atoms. The number of anilines is 3. The molecule has 0 aliphatic heterocycles. The second-order valence-electron chi connectivity index (χ2n) is 11.8. The van der Waals surface area contributed by atoms with Gasteiger partial charge in [0, 0.05) is 0 Å². The van der Waals surface area contributed by atoms with Gasteiger partial charge in [0.25, 0.3) is 0 Å². The van der Waals surface area contributed by atoms with Crippen LogP contribution in [-0.2, 0) is 0 Å². The number of hydrogen-bond donors (Lipinski definition) is 0. The van der Waals surface area contributed by atoms with Gasteiger partial charge in [-0.2, -0.15) is 0 Å². The maximum atomic E-state index is 6.39. The van der Waals surface area contributed by atoms with Gasteiger partial charge in [0.1, 0.15) is 0 Å². The van der Waals surface area contributed by atoms with Crippen LogP contribution in [0.4, 0.5) is 17.1 Å². The average Bonchev–Trinajstić information content (AvgIpc) is 3.78. The fraction of sp³-hybridized carbons (Fsp3) is 0. The molecule has 0 fully saturated rings. The van der Waals surface area contributed by atoms with Crippen molar-refractivity contribution in [3.63, 3.8) is 0 Å². The summed E-state index contributed by atoms with van der Waals surface area (Å²) < 4.78 is 11.6. The van der Waals surface area contributed by atoms with Crippen LogP contribution < -0.4 is 4.90 Å². The Balaban J connectivity index is 1.24. The van der Waals surface area contributed by atoms with E-state index in [0.29, 0.717) is 14.5 Å². The molecule has 3 nitrogen and oxygen atoms in total. The first kappa shape index (κ1) is 25.8. The number of hydrogen-bond acceptors (Lipinski definition) is 2. The summed E-state index contributed by atoms with van der Waals surface area (Å²) >= 11 is 0.320. The average molecular weight is 654 g/mol. The predicted molar refractivity (Wildman–Crippen MR) is 195 cm³/mol. The van der Waals surface area contributed by atoms with E-state index < -0.39 is 0 Å². The molecule has 0 aliphatic rings. The van der Waals surface area contributed by atoms with Crippen LogP contribution in [0.5, 0.6) is 0 Å². The van der Waals surface area contributed by atoms with Crippen molar-refractivity contribution in [3.8, 4) is 5.69 Å². The third-order valence-corrected chi connectivity index (χ3v) is 11.6. The normalized spacial score (nSPS) is 11.9. The third kappa shape index (κ3) is 3.85. The van der Waals surface area contributed by atoms with Crippen LogP contribution in [-0.4, -0.2) is 19.1 Å². The number of furan rings is 1. The molecule has 0 unspecified atom stereocenters. The summed E-state index contributed by atoms with van der Waals surface area (Å²) in [7, 11) is 0. The molecule has 10 rings (SSSR count). The molecule has 0 saturated carbocycles. The number of nitrogens with zero attached hydrogens (tertiary/aromatic N) is 2. The topological polar surface area (TPSA) is 21.3 Å². The Kier molecular flexibility index (Phi) is 5.59. The van der Waals surface area contributed by atoms with Gasteiger partial charge in [-0.05, 0) is 0 Å². The summed E-state index contributed by atoms with van der Waals surface area (Å²) in [4.78, 5) is 2.38. The van der Waals surface area contributed by atoms with E-state index in [4.69, 9.17) is 4.42 Å². The SMILES string of the molecule is c1ccc(-n2c3ccccc3c3cc(N(c4ccc5c(c4)oc4ccccc45)c4ccc5[se]c6ccccc6c5c4)ccc32)cc1. The van der Waals surface area contributed by atoms with Crippen LogP contribution >= 0.6 is 0 Å². The second-order valence-corrected chi connectivity index (χ2v) is 14.1. The van der Waals surface area contributed by atoms with Crippen LogP contribution in [0, 0.1) is 0 Å². The van der Waals surface area contributed by atoms with E-state index in [2.05, 4.69) is 155 Å². The molecule has 3 heterocycles. The molecule has 46 heavy (non-hydrogen) atoms. The minimum Gasteiger partial charge on any atom is -0.0602 e. The number of aromatic nitrogens is 1. The third-order valence-electron chi connectivity index (χ3n) is 9.17. The number of rotatable bonds is 4. The molecule has 216 valence electrons. The molecule has 0 radical (unpaired) electrons. The van der Waals surface area contributed by atoms with Gasteiger partial charge in [0.05, 0.1) is 0 Å². The zero-order valence-corrected chi connectivity index (χ0v) is 26.4. The van der Waals surface area contributed by atoms with Gasteiger partial charge in [-0.1, -0.05) is 18.2 Å². The van der Waals surface area contributed by atoms with E-state index in [1.807, 2.05) is 12.1 Å². The van der Waals surface area contributed by atoms with E-state index in [1.165, 1.54) is 41.1 Å². The van der Waals surface area contributed by atoms with Crippen molar-refractivity contribution in [2.45, 2.75) is 0 Å². The molecular formula is C42H26N2OSe. The van der Waals surface area contributed by atoms with Gasteiger partial charge in [0.2, 0.25) is 0 Å². The summed E-state index contributed by atoms with van der Waals surface area (Å²) in [6.07, 6.45) is 0. The molecule has 10 aromatic rings. The van der Waals surface area contributed by atoms with Crippen molar-refractivity contribution in [1.29, 1.82) is 0 Å². The van der Waals surface area contributed by atoms with Crippen molar-refractivity contribution in [2.24, 2.45) is 0 Å². The molecule has 0 atom stereocenters. The van der Waals surface area contributed by atoms with Crippen molar-refractivity contribution in [3.05, 3.63) is 158 Å². The first-order valence-electron chi connectivity index (χ1n) is 15.5. The van der Waals surface area contributed by atoms with Crippen LogP contribution in [0.1, 0.15) is 0 Å². The quantitative estimate of drug-likeness (QED) is 0.176. The molecule has 0 aliphatic carbocycles. The Morgan fingerprint density at radius 1 is 0.413 bits per heavy atom. The van der Waals surface area contributed by atoms with Crippen LogP contribution in [0.3, 0.4) is 0 Å². The Hall–Kier alpha value is -5.54. The summed E-state index contributed by atoms with van der Waals surface area (Å²) in [5, 5.41) is 7.43. The zero-order chi connectivity index (χ0) is 30.2. The van der Waals surface area contributed by atoms with Gasteiger partial charge < -0.3 is 0 Å². The minimum absolute atomic E-state index is 0.320. The number of fused-ring (bicyclic) bond motifs is 9. The van der Waals surface area contributed by atoms with Gasteiger partial charge in [-0.15, -0.1) is 0 Å². The van der Waals surface area contributed by atoms with Crippen LogP contribution in [0.15, 0.2) is 162 Å². The van der Waals surface area contributed by atoms with E-state index in [1.54, 1.807) is 0 Å². The van der Waals surface area contributed by atoms with Crippen LogP contribution in [0.25, 0.3) is 68.7 Å². The molecule has 3 aromatic heterocycles. The molecular weight excluding hydrogens is 627 g/mol. The monoisotopic (exact) mass is 654 g/mol. The van der Waals surface area contributed by atoms with Gasteiger partial charge >= 0.3 is 254 Å². The van der Waals surface area contributed by atoms with Crippen LogP contribution in [0.2, 0.25) is 0 Å². The fourth-order valence-corrected chi connectivity index (χ4v) is 9.39. The Morgan fingerprint density at radius 2 is 1.02 bits per heavy atom. The molecule has 7 aromatic carbocycles. The number of benzene rings is 7. The molecule has 0 saturated heterocycles. The summed E-state index contributed by atoms with van der Waals surface area (Å²) in [6.45, 7) is 0. The smallest absolute Gasteiger partial charge is 0.0602 e. The Labute approximate surface area is 270 Å². The van der Waals surface area contributed by atoms with Crippen molar-refractivity contribution >= 4 is 94.6 Å². The molecule has 4 heteroatoms. The van der Waals surface area contributed by atoms with Crippen molar-refractivity contribution < 1.29 is 4.42 Å². The number of para-hydroxylation sites is 3. The summed E-state index contributed by atoms with van der Waals surface area (Å²) in [6, 6.07) is 57.0. The Morgan fingerprint density at radius 3 is 1.91 bits per heavy atom. The van der Waals surface area contributed by atoms with Gasteiger partial charge in [-0.25, -0.2) is 0 Å². The fourth-order valence-electron chi connectivity index (χ4n) is 7.11. The summed E-state index contributed by atoms with van der Waals surface area (Å²) in [5.41, 5.74) is 8.65. The second kappa shape index (κ2) is 9.98. The van der Waals surface area contributed by atoms with E-state index >= 15 is 0 Å². The molecule has 0 N–H and O–H groups in total. The van der Waals surface area contributed by atoms with Crippen molar-refractivity contribution in [1.82, 2.24) is 4.57 Å². The first-order valence-corrected chi connectivity index (χ1v) is 17.2. The Bertz CT molecular complexity index is 2770. The van der Waals surface area contributed by atoms with Crippen molar-refractivity contribution in [2.75, 3.05) is 4.90 Å². The van der Waals surface area contributed by atoms with Gasteiger partial charge in [0.15, 0.2) is 0 Å². The molecule has 0 amide bonds. The standard InChI is InChI=1S/C42H26N2OSe/c1-2-10-27(11-3-1)44-37-15-7-4-12-31(37)35-24-28(19-22-38(35)44)43(29-20-23-42-36(25-29)34-14-6-9-17-41(34)46-42)30-18-21-33-32-13-5-8-16-39(32)45-40(33)26-30/h1-26H. The zero-order valence-electron chi connectivity index (χ0n) is 24.7. The minimum atomic E-state index is 0.320. The van der Waals surface area contributed by atoms with E-state index in [-0.39, 0.29) is 0 Å². The van der Waals surface area contributed by atoms with Gasteiger partial charge in [-0.3, -0.25) is 0 Å². The molecule has 0 bridgehead atoms. The van der Waals surface area contributed by atoms with E-state index in [9.17, 15) is 0 Å². The predicted octanol–water partition coefficient (Wildman–Crippen LogP) is 11.5. The summed E-state index contributed by atoms with van der Waals surface area (Å²) in [5.74, 6) is 0. The van der Waals surface area contributed by atoms with E-state index in [0.717, 1.165) is 44.7 Å². The first-order chi connectivity index (χ1) is 22.8.